The van der Waals surface area contributed by atoms with Gasteiger partial charge in [0, 0.05) is 17.7 Å². The first-order chi connectivity index (χ1) is 16.9. The van der Waals surface area contributed by atoms with E-state index in [2.05, 4.69) is 0 Å². The SMILES string of the molecule is O=C(CN1C(=S)N(c2ccccc2)C(=O)/C1=C\c1ccc2c(c1)OCO2)c1cccc([N+](=O)[O-])c1. The van der Waals surface area contributed by atoms with Crippen molar-refractivity contribution in [1.29, 1.82) is 0 Å². The fourth-order valence-electron chi connectivity index (χ4n) is 3.83. The molecular formula is C25H17N3O6S. The molecule has 2 aliphatic rings. The third-order valence-corrected chi connectivity index (χ3v) is 5.93. The summed E-state index contributed by atoms with van der Waals surface area (Å²) in [7, 11) is 0. The van der Waals surface area contributed by atoms with Crippen LogP contribution in [-0.4, -0.2) is 40.0 Å². The zero-order valence-corrected chi connectivity index (χ0v) is 18.9. The highest BCUT2D eigenvalue weighted by Crippen LogP contribution is 2.35. The lowest BCUT2D eigenvalue weighted by molar-refractivity contribution is -0.384. The lowest BCUT2D eigenvalue weighted by Gasteiger charge is -2.19. The molecular weight excluding hydrogens is 470 g/mol. The summed E-state index contributed by atoms with van der Waals surface area (Å²) >= 11 is 5.61. The molecule has 0 aliphatic carbocycles. The Balaban J connectivity index is 1.52. The third kappa shape index (κ3) is 4.22. The molecule has 0 unspecified atom stereocenters. The summed E-state index contributed by atoms with van der Waals surface area (Å²) in [6.07, 6.45) is 1.63. The number of carbonyl (C=O) groups is 2. The van der Waals surface area contributed by atoms with Crippen LogP contribution in [0.1, 0.15) is 15.9 Å². The number of non-ortho nitro benzene ring substituents is 1. The number of hydrogen-bond donors (Lipinski definition) is 0. The number of rotatable bonds is 6. The molecule has 0 atom stereocenters. The van der Waals surface area contributed by atoms with E-state index >= 15 is 0 Å². The number of para-hydroxylation sites is 1. The van der Waals surface area contributed by atoms with E-state index in [-0.39, 0.29) is 35.4 Å². The van der Waals surface area contributed by atoms with Crippen LogP contribution < -0.4 is 14.4 Å². The van der Waals surface area contributed by atoms with Gasteiger partial charge in [-0.1, -0.05) is 36.4 Å². The number of anilines is 1. The zero-order valence-electron chi connectivity index (χ0n) is 18.1. The van der Waals surface area contributed by atoms with Crippen LogP contribution in [0.15, 0.2) is 78.5 Å². The average Bonchev–Trinajstić information content (AvgIpc) is 3.42. The second-order valence-corrected chi connectivity index (χ2v) is 8.08. The Morgan fingerprint density at radius 2 is 1.80 bits per heavy atom. The van der Waals surface area contributed by atoms with Crippen molar-refractivity contribution in [1.82, 2.24) is 4.90 Å². The summed E-state index contributed by atoms with van der Waals surface area (Å²) in [4.78, 5) is 40.0. The van der Waals surface area contributed by atoms with Gasteiger partial charge in [0.2, 0.25) is 6.79 Å². The highest BCUT2D eigenvalue weighted by atomic mass is 32.1. The third-order valence-electron chi connectivity index (χ3n) is 5.53. The Bertz CT molecular complexity index is 1410. The van der Waals surface area contributed by atoms with Crippen LogP contribution in [0.5, 0.6) is 11.5 Å². The number of Topliss-reactive ketones (excluding diaryl/α,β-unsaturated/α-hetero) is 1. The van der Waals surface area contributed by atoms with Gasteiger partial charge in [0.1, 0.15) is 5.70 Å². The van der Waals surface area contributed by atoms with Crippen LogP contribution in [-0.2, 0) is 4.79 Å². The van der Waals surface area contributed by atoms with Gasteiger partial charge in [0.25, 0.3) is 11.6 Å². The molecule has 0 N–H and O–H groups in total. The van der Waals surface area contributed by atoms with Gasteiger partial charge < -0.3 is 14.4 Å². The molecule has 174 valence electrons. The van der Waals surface area contributed by atoms with Crippen LogP contribution in [0, 0.1) is 10.1 Å². The number of ketones is 1. The van der Waals surface area contributed by atoms with Crippen molar-refractivity contribution in [3.05, 3.63) is 99.7 Å². The molecule has 0 aromatic heterocycles. The number of benzene rings is 3. The second kappa shape index (κ2) is 8.99. The van der Waals surface area contributed by atoms with Crippen molar-refractivity contribution < 1.29 is 24.0 Å². The number of nitrogens with zero attached hydrogens (tertiary/aromatic N) is 3. The van der Waals surface area contributed by atoms with E-state index in [0.717, 1.165) is 0 Å². The van der Waals surface area contributed by atoms with Gasteiger partial charge in [-0.25, -0.2) is 0 Å². The van der Waals surface area contributed by atoms with Crippen molar-refractivity contribution in [2.24, 2.45) is 0 Å². The largest absolute Gasteiger partial charge is 0.454 e. The van der Waals surface area contributed by atoms with Crippen molar-refractivity contribution in [3.8, 4) is 11.5 Å². The molecule has 1 saturated heterocycles. The normalized spacial score (nSPS) is 15.7. The molecule has 5 rings (SSSR count). The predicted molar refractivity (Wildman–Crippen MR) is 131 cm³/mol. The molecule has 3 aromatic carbocycles. The number of ether oxygens (including phenoxy) is 2. The van der Waals surface area contributed by atoms with Crippen LogP contribution >= 0.6 is 12.2 Å². The van der Waals surface area contributed by atoms with Gasteiger partial charge in [0.05, 0.1) is 17.2 Å². The number of carbonyl (C=O) groups excluding carboxylic acids is 2. The fourth-order valence-corrected chi connectivity index (χ4v) is 4.18. The summed E-state index contributed by atoms with van der Waals surface area (Å²) < 4.78 is 10.8. The van der Waals surface area contributed by atoms with E-state index in [4.69, 9.17) is 21.7 Å². The molecule has 1 fully saturated rings. The van der Waals surface area contributed by atoms with E-state index in [1.807, 2.05) is 6.07 Å². The molecule has 9 nitrogen and oxygen atoms in total. The van der Waals surface area contributed by atoms with E-state index in [1.54, 1.807) is 48.5 Å². The van der Waals surface area contributed by atoms with Gasteiger partial charge in [-0.05, 0) is 48.1 Å². The average molecular weight is 487 g/mol. The Kier molecular flexibility index (Phi) is 5.71. The number of fused-ring (bicyclic) bond motifs is 1. The van der Waals surface area contributed by atoms with E-state index < -0.39 is 16.6 Å². The lowest BCUT2D eigenvalue weighted by Crippen LogP contribution is -2.35. The maximum absolute atomic E-state index is 13.5. The Morgan fingerprint density at radius 1 is 1.03 bits per heavy atom. The van der Waals surface area contributed by atoms with E-state index in [9.17, 15) is 19.7 Å². The quantitative estimate of drug-likeness (QED) is 0.168. The number of nitro benzene ring substituents is 1. The summed E-state index contributed by atoms with van der Waals surface area (Å²) in [6.45, 7) is -0.157. The van der Waals surface area contributed by atoms with E-state index in [1.165, 1.54) is 34.1 Å². The van der Waals surface area contributed by atoms with Gasteiger partial charge in [-0.15, -0.1) is 0 Å². The monoisotopic (exact) mass is 487 g/mol. The maximum Gasteiger partial charge on any atom is 0.281 e. The van der Waals surface area contributed by atoms with Crippen LogP contribution in [0.25, 0.3) is 6.08 Å². The zero-order chi connectivity index (χ0) is 24.5. The molecule has 35 heavy (non-hydrogen) atoms. The summed E-state index contributed by atoms with van der Waals surface area (Å²) in [6, 6.07) is 19.6. The van der Waals surface area contributed by atoms with Crippen molar-refractivity contribution in [2.75, 3.05) is 18.2 Å². The molecule has 0 spiro atoms. The smallest absolute Gasteiger partial charge is 0.281 e. The first-order valence-electron chi connectivity index (χ1n) is 10.5. The van der Waals surface area contributed by atoms with Gasteiger partial charge in [0.15, 0.2) is 22.4 Å². The number of nitro groups is 1. The van der Waals surface area contributed by atoms with Gasteiger partial charge >= 0.3 is 0 Å². The standard InChI is InChI=1S/C25H17N3O6S/c29-21(17-5-4-8-19(13-17)28(31)32)14-26-20(11-16-9-10-22-23(12-16)34-15-33-22)24(30)27(25(26)35)18-6-2-1-3-7-18/h1-13H,14-15H2/b20-11+. The number of hydrogen-bond acceptors (Lipinski definition) is 7. The highest BCUT2D eigenvalue weighted by Gasteiger charge is 2.40. The lowest BCUT2D eigenvalue weighted by atomic mass is 10.1. The first-order valence-corrected chi connectivity index (χ1v) is 10.9. The molecule has 1 amide bonds. The van der Waals surface area contributed by atoms with Crippen LogP contribution in [0.2, 0.25) is 0 Å². The first kappa shape index (κ1) is 22.2. The minimum Gasteiger partial charge on any atom is -0.454 e. The van der Waals surface area contributed by atoms with Crippen molar-refractivity contribution in [3.63, 3.8) is 0 Å². The molecule has 0 bridgehead atoms. The molecule has 10 heteroatoms. The summed E-state index contributed by atoms with van der Waals surface area (Å²) in [5.74, 6) is 0.330. The highest BCUT2D eigenvalue weighted by molar-refractivity contribution is 7.80. The van der Waals surface area contributed by atoms with E-state index in [0.29, 0.717) is 22.7 Å². The minimum absolute atomic E-state index is 0.115. The summed E-state index contributed by atoms with van der Waals surface area (Å²) in [5.41, 5.74) is 1.36. The van der Waals surface area contributed by atoms with Crippen LogP contribution in [0.4, 0.5) is 11.4 Å². The fraction of sp³-hybridized carbons (Fsp3) is 0.0800. The molecule has 2 heterocycles. The minimum atomic E-state index is -0.567. The molecule has 3 aromatic rings. The maximum atomic E-state index is 13.5. The van der Waals surface area contributed by atoms with Gasteiger partial charge in [-0.3, -0.25) is 24.6 Å². The molecule has 0 saturated carbocycles. The van der Waals surface area contributed by atoms with Crippen LogP contribution in [0.3, 0.4) is 0 Å². The number of amides is 1. The van der Waals surface area contributed by atoms with Crippen molar-refractivity contribution in [2.45, 2.75) is 0 Å². The Hall–Kier alpha value is -4.57. The van der Waals surface area contributed by atoms with Crippen molar-refractivity contribution >= 4 is 46.5 Å². The second-order valence-electron chi connectivity index (χ2n) is 7.72. The summed E-state index contributed by atoms with van der Waals surface area (Å²) in [5, 5.41) is 11.3. The Labute approximate surface area is 204 Å². The predicted octanol–water partition coefficient (Wildman–Crippen LogP) is 4.18. The molecule has 0 radical (unpaired) electrons. The number of thiocarbonyl (C=S) groups is 1. The Morgan fingerprint density at radius 3 is 2.57 bits per heavy atom. The van der Waals surface area contributed by atoms with Gasteiger partial charge in [-0.2, -0.15) is 0 Å². The topological polar surface area (TPSA) is 102 Å². The molecule has 2 aliphatic heterocycles.